The highest BCUT2D eigenvalue weighted by Gasteiger charge is 2.30. The van der Waals surface area contributed by atoms with Crippen LogP contribution in [0.4, 0.5) is 8.78 Å². The quantitative estimate of drug-likeness (QED) is 0.831. The Morgan fingerprint density at radius 1 is 1.05 bits per heavy atom. The zero-order valence-electron chi connectivity index (χ0n) is 9.38. The van der Waals surface area contributed by atoms with Gasteiger partial charge in [0.25, 0.3) is 0 Å². The summed E-state index contributed by atoms with van der Waals surface area (Å²) in [6.07, 6.45) is 0.645. The standard InChI is InChI=1S/C10H9ClF2O4S2/c11-9-4-2-1-3-8(9)5-10(18(14,15)6-12)19(16,17)7-13/h1-5H,6-7H2. The van der Waals surface area contributed by atoms with Crippen molar-refractivity contribution in [1.29, 1.82) is 0 Å². The van der Waals surface area contributed by atoms with Gasteiger partial charge >= 0.3 is 0 Å². The molecular formula is C10H9ClF2O4S2. The smallest absolute Gasteiger partial charge is 0.218 e. The third kappa shape index (κ3) is 3.74. The molecule has 0 aromatic heterocycles. The average molecular weight is 331 g/mol. The summed E-state index contributed by atoms with van der Waals surface area (Å²) >= 11 is 5.73. The van der Waals surface area contributed by atoms with Crippen LogP contribution in [0.2, 0.25) is 5.02 Å². The van der Waals surface area contributed by atoms with Gasteiger partial charge in [0.2, 0.25) is 19.7 Å². The van der Waals surface area contributed by atoms with Crippen molar-refractivity contribution >= 4 is 37.4 Å². The van der Waals surface area contributed by atoms with Crippen molar-refractivity contribution in [3.63, 3.8) is 0 Å². The van der Waals surface area contributed by atoms with E-state index in [-0.39, 0.29) is 10.6 Å². The second kappa shape index (κ2) is 5.98. The number of hydrogen-bond acceptors (Lipinski definition) is 4. The van der Waals surface area contributed by atoms with Crippen LogP contribution in [-0.4, -0.2) is 28.8 Å². The van der Waals surface area contributed by atoms with Crippen molar-refractivity contribution in [2.75, 3.05) is 12.0 Å². The van der Waals surface area contributed by atoms with Gasteiger partial charge in [0, 0.05) is 5.02 Å². The van der Waals surface area contributed by atoms with Crippen LogP contribution < -0.4 is 0 Å². The maximum Gasteiger partial charge on any atom is 0.218 e. The van der Waals surface area contributed by atoms with E-state index in [9.17, 15) is 25.6 Å². The van der Waals surface area contributed by atoms with E-state index in [0.29, 0.717) is 6.08 Å². The monoisotopic (exact) mass is 330 g/mol. The molecule has 0 saturated heterocycles. The zero-order chi connectivity index (χ0) is 14.7. The van der Waals surface area contributed by atoms with Crippen LogP contribution in [-0.2, 0) is 19.7 Å². The molecule has 0 radical (unpaired) electrons. The Labute approximate surface area is 114 Å². The van der Waals surface area contributed by atoms with Gasteiger partial charge in [-0.3, -0.25) is 0 Å². The third-order valence-corrected chi connectivity index (χ3v) is 5.98. The first-order valence-electron chi connectivity index (χ1n) is 4.78. The molecule has 0 amide bonds. The van der Waals surface area contributed by atoms with Gasteiger partial charge in [-0.05, 0) is 17.7 Å². The normalized spacial score (nSPS) is 12.2. The van der Waals surface area contributed by atoms with E-state index in [4.69, 9.17) is 11.6 Å². The molecule has 0 saturated carbocycles. The summed E-state index contributed by atoms with van der Waals surface area (Å²) < 4.78 is 69.1. The van der Waals surface area contributed by atoms with Gasteiger partial charge in [-0.2, -0.15) is 0 Å². The molecular weight excluding hydrogens is 322 g/mol. The van der Waals surface area contributed by atoms with Crippen molar-refractivity contribution in [2.24, 2.45) is 0 Å². The molecule has 0 bridgehead atoms. The van der Waals surface area contributed by atoms with Gasteiger partial charge in [-0.15, -0.1) is 0 Å². The molecule has 0 spiro atoms. The second-order valence-corrected chi connectivity index (χ2v) is 7.87. The molecule has 0 atom stereocenters. The van der Waals surface area contributed by atoms with Crippen LogP contribution in [0.3, 0.4) is 0 Å². The second-order valence-electron chi connectivity index (χ2n) is 3.43. The summed E-state index contributed by atoms with van der Waals surface area (Å²) in [6.45, 7) is 0. The minimum atomic E-state index is -4.74. The molecule has 4 nitrogen and oxygen atoms in total. The lowest BCUT2D eigenvalue weighted by atomic mass is 10.2. The Balaban J connectivity index is 3.56. The van der Waals surface area contributed by atoms with Crippen LogP contribution in [0.1, 0.15) is 5.56 Å². The van der Waals surface area contributed by atoms with E-state index < -0.39 is 35.9 Å². The predicted octanol–water partition coefficient (Wildman–Crippen LogP) is 2.32. The van der Waals surface area contributed by atoms with Crippen LogP contribution in [0.25, 0.3) is 6.08 Å². The largest absolute Gasteiger partial charge is 0.233 e. The summed E-state index contributed by atoms with van der Waals surface area (Å²) in [4.78, 5) is 0. The van der Waals surface area contributed by atoms with Crippen molar-refractivity contribution < 1.29 is 25.6 Å². The van der Waals surface area contributed by atoms with Crippen LogP contribution >= 0.6 is 11.6 Å². The maximum atomic E-state index is 12.4. The summed E-state index contributed by atoms with van der Waals surface area (Å²) in [5.41, 5.74) is 0.0354. The molecule has 0 heterocycles. The Kier molecular flexibility index (Phi) is 5.05. The van der Waals surface area contributed by atoms with E-state index in [1.807, 2.05) is 0 Å². The molecule has 1 rings (SSSR count). The number of benzene rings is 1. The Bertz CT molecular complexity index is 660. The highest BCUT2D eigenvalue weighted by atomic mass is 35.5. The number of hydrogen-bond donors (Lipinski definition) is 0. The molecule has 1 aromatic rings. The summed E-state index contributed by atoms with van der Waals surface area (Å²) in [5.74, 6) is 0. The SMILES string of the molecule is O=S(=O)(CF)C(=Cc1ccccc1Cl)S(=O)(=O)CF. The molecule has 0 N–H and O–H groups in total. The van der Waals surface area contributed by atoms with Gasteiger partial charge in [-0.25, -0.2) is 25.6 Å². The van der Waals surface area contributed by atoms with Gasteiger partial charge in [-0.1, -0.05) is 29.8 Å². The van der Waals surface area contributed by atoms with Crippen molar-refractivity contribution in [2.45, 2.75) is 0 Å². The van der Waals surface area contributed by atoms with Gasteiger partial charge < -0.3 is 0 Å². The van der Waals surface area contributed by atoms with E-state index in [2.05, 4.69) is 0 Å². The fourth-order valence-corrected chi connectivity index (χ4v) is 4.03. The Morgan fingerprint density at radius 2 is 1.53 bits per heavy atom. The number of rotatable bonds is 5. The summed E-state index contributed by atoms with van der Waals surface area (Å²) in [7, 11) is -9.47. The zero-order valence-corrected chi connectivity index (χ0v) is 11.8. The number of alkyl halides is 2. The predicted molar refractivity (Wildman–Crippen MR) is 69.2 cm³/mol. The highest BCUT2D eigenvalue weighted by molar-refractivity contribution is 8.14. The van der Waals surface area contributed by atoms with Gasteiger partial charge in [0.15, 0.2) is 16.3 Å². The summed E-state index contributed by atoms with van der Waals surface area (Å²) in [5, 5.41) is 0.0584. The first kappa shape index (κ1) is 16.1. The van der Waals surface area contributed by atoms with Gasteiger partial charge in [0.05, 0.1) is 0 Å². The first-order chi connectivity index (χ1) is 8.74. The Morgan fingerprint density at radius 3 is 1.95 bits per heavy atom. The summed E-state index contributed by atoms with van der Waals surface area (Å²) in [6, 6.07) is 1.83. The molecule has 1 aromatic carbocycles. The van der Waals surface area contributed by atoms with E-state index in [0.717, 1.165) is 0 Å². The van der Waals surface area contributed by atoms with Crippen LogP contribution in [0, 0.1) is 0 Å². The maximum absolute atomic E-state index is 12.4. The lowest BCUT2D eigenvalue weighted by Gasteiger charge is -2.06. The lowest BCUT2D eigenvalue weighted by Crippen LogP contribution is -2.16. The number of sulfone groups is 2. The fourth-order valence-electron chi connectivity index (χ4n) is 1.20. The molecule has 9 heteroatoms. The molecule has 0 fully saturated rings. The molecule has 0 unspecified atom stereocenters. The topological polar surface area (TPSA) is 68.3 Å². The first-order valence-corrected chi connectivity index (χ1v) is 8.46. The highest BCUT2D eigenvalue weighted by Crippen LogP contribution is 2.24. The molecule has 0 aliphatic carbocycles. The van der Waals surface area contributed by atoms with Crippen molar-refractivity contribution in [3.8, 4) is 0 Å². The number of halogens is 3. The van der Waals surface area contributed by atoms with E-state index in [1.165, 1.54) is 24.3 Å². The average Bonchev–Trinajstić information content (AvgIpc) is 2.37. The van der Waals surface area contributed by atoms with E-state index in [1.54, 1.807) is 0 Å². The van der Waals surface area contributed by atoms with Crippen LogP contribution in [0.15, 0.2) is 28.5 Å². The minimum Gasteiger partial charge on any atom is -0.233 e. The fraction of sp³-hybridized carbons (Fsp3) is 0.200. The van der Waals surface area contributed by atoms with Crippen molar-refractivity contribution in [3.05, 3.63) is 39.1 Å². The molecule has 106 valence electrons. The third-order valence-electron chi connectivity index (χ3n) is 2.08. The van der Waals surface area contributed by atoms with Crippen molar-refractivity contribution in [1.82, 2.24) is 0 Å². The minimum absolute atomic E-state index is 0.0354. The van der Waals surface area contributed by atoms with Crippen LogP contribution in [0.5, 0.6) is 0 Å². The van der Waals surface area contributed by atoms with Gasteiger partial charge in [0.1, 0.15) is 0 Å². The molecule has 0 aliphatic rings. The Hall–Kier alpha value is -0.990. The van der Waals surface area contributed by atoms with E-state index >= 15 is 0 Å². The lowest BCUT2D eigenvalue weighted by molar-refractivity contribution is 0.532. The molecule has 0 aliphatic heterocycles. The molecule has 19 heavy (non-hydrogen) atoms.